The molecule has 106 valence electrons. The van der Waals surface area contributed by atoms with Crippen LogP contribution in [0.15, 0.2) is 0 Å². The van der Waals surface area contributed by atoms with Crippen molar-refractivity contribution in [3.63, 3.8) is 0 Å². The van der Waals surface area contributed by atoms with Gasteiger partial charge in [-0.05, 0) is 27.7 Å². The first-order chi connectivity index (χ1) is 9.11. The molecule has 0 atom stereocenters. The summed E-state index contributed by atoms with van der Waals surface area (Å²) >= 11 is 0. The molecular weight excluding hydrogens is 264 g/mol. The van der Waals surface area contributed by atoms with Crippen molar-refractivity contribution in [2.75, 3.05) is 0 Å². The van der Waals surface area contributed by atoms with Gasteiger partial charge in [-0.25, -0.2) is 0 Å². The topological polar surface area (TPSA) is 109 Å². The Morgan fingerprint density at radius 2 is 0.750 bits per heavy atom. The molecule has 0 unspecified atom stereocenters. The molecule has 0 saturated heterocycles. The molecule has 0 aliphatic carbocycles. The van der Waals surface area contributed by atoms with Crippen LogP contribution in [0.4, 0.5) is 0 Å². The number of ketones is 4. The molecule has 1 aromatic carbocycles. The van der Waals surface area contributed by atoms with E-state index in [1.165, 1.54) is 0 Å². The van der Waals surface area contributed by atoms with Crippen molar-refractivity contribution in [1.29, 1.82) is 0 Å². The molecule has 0 fully saturated rings. The summed E-state index contributed by atoms with van der Waals surface area (Å²) in [7, 11) is 0. The standard InChI is InChI=1S/C14H14O6/c1-5(15)9-10(6(2)16)12(8(4)18)14(20)13(19)11(9)7(3)17/h19-20H,1-4H3. The number of aromatic hydroxyl groups is 2. The molecule has 0 aromatic heterocycles. The number of carbonyl (C=O) groups is 4. The van der Waals surface area contributed by atoms with Gasteiger partial charge in [-0.15, -0.1) is 0 Å². The largest absolute Gasteiger partial charge is 0.504 e. The molecule has 0 heterocycles. The molecule has 1 aromatic rings. The van der Waals surface area contributed by atoms with Crippen molar-refractivity contribution in [1.82, 2.24) is 0 Å². The zero-order valence-corrected chi connectivity index (χ0v) is 11.5. The number of hydrogen-bond donors (Lipinski definition) is 2. The van der Waals surface area contributed by atoms with Gasteiger partial charge in [0.1, 0.15) is 0 Å². The first-order valence-electron chi connectivity index (χ1n) is 5.76. The summed E-state index contributed by atoms with van der Waals surface area (Å²) in [6.07, 6.45) is 0. The van der Waals surface area contributed by atoms with Gasteiger partial charge < -0.3 is 10.2 Å². The highest BCUT2D eigenvalue weighted by Gasteiger charge is 2.31. The van der Waals surface area contributed by atoms with Crippen molar-refractivity contribution in [3.05, 3.63) is 22.3 Å². The summed E-state index contributed by atoms with van der Waals surface area (Å²) in [5, 5.41) is 19.7. The second-order valence-electron chi connectivity index (χ2n) is 4.42. The molecule has 2 N–H and O–H groups in total. The van der Waals surface area contributed by atoms with Gasteiger partial charge in [-0.1, -0.05) is 0 Å². The van der Waals surface area contributed by atoms with Gasteiger partial charge in [0, 0.05) is 11.1 Å². The highest BCUT2D eigenvalue weighted by atomic mass is 16.3. The molecule has 20 heavy (non-hydrogen) atoms. The van der Waals surface area contributed by atoms with Gasteiger partial charge in [-0.2, -0.15) is 0 Å². The maximum Gasteiger partial charge on any atom is 0.170 e. The Morgan fingerprint density at radius 3 is 0.900 bits per heavy atom. The molecule has 6 heteroatoms. The second kappa shape index (κ2) is 5.24. The SMILES string of the molecule is CC(=O)c1c(O)c(O)c(C(C)=O)c(C(C)=O)c1C(C)=O. The average Bonchev–Trinajstić information content (AvgIpc) is 2.29. The van der Waals surface area contributed by atoms with Crippen molar-refractivity contribution < 1.29 is 29.4 Å². The lowest BCUT2D eigenvalue weighted by Gasteiger charge is -2.16. The molecule has 0 bridgehead atoms. The van der Waals surface area contributed by atoms with E-state index in [1.54, 1.807) is 0 Å². The lowest BCUT2D eigenvalue weighted by molar-refractivity contribution is 0.0954. The smallest absolute Gasteiger partial charge is 0.170 e. The molecule has 0 saturated carbocycles. The van der Waals surface area contributed by atoms with E-state index < -0.39 is 45.8 Å². The molecule has 0 aliphatic heterocycles. The van der Waals surface area contributed by atoms with E-state index >= 15 is 0 Å². The number of hydrogen-bond acceptors (Lipinski definition) is 6. The third-order valence-electron chi connectivity index (χ3n) is 2.86. The molecule has 0 aliphatic rings. The van der Waals surface area contributed by atoms with Crippen LogP contribution in [-0.2, 0) is 0 Å². The monoisotopic (exact) mass is 278 g/mol. The van der Waals surface area contributed by atoms with E-state index in [0.717, 1.165) is 27.7 Å². The van der Waals surface area contributed by atoms with Crippen LogP contribution in [0, 0.1) is 0 Å². The Morgan fingerprint density at radius 1 is 0.550 bits per heavy atom. The summed E-state index contributed by atoms with van der Waals surface area (Å²) in [4.78, 5) is 46.6. The van der Waals surface area contributed by atoms with Crippen LogP contribution >= 0.6 is 0 Å². The Balaban J connectivity index is 4.14. The van der Waals surface area contributed by atoms with Crippen molar-refractivity contribution in [2.45, 2.75) is 27.7 Å². The molecule has 0 spiro atoms. The average molecular weight is 278 g/mol. The highest BCUT2D eigenvalue weighted by molar-refractivity contribution is 6.21. The quantitative estimate of drug-likeness (QED) is 0.643. The molecule has 0 amide bonds. The van der Waals surface area contributed by atoms with Crippen LogP contribution in [-0.4, -0.2) is 33.3 Å². The lowest BCUT2D eigenvalue weighted by Crippen LogP contribution is -2.16. The van der Waals surface area contributed by atoms with E-state index in [4.69, 9.17) is 0 Å². The Hall–Kier alpha value is -2.50. The fourth-order valence-corrected chi connectivity index (χ4v) is 2.11. The first kappa shape index (κ1) is 15.6. The number of phenolic OH excluding ortho intramolecular Hbond substituents is 2. The minimum Gasteiger partial charge on any atom is -0.504 e. The second-order valence-corrected chi connectivity index (χ2v) is 4.42. The third kappa shape index (κ3) is 2.32. The molecular formula is C14H14O6. The fourth-order valence-electron chi connectivity index (χ4n) is 2.11. The number of rotatable bonds is 4. The van der Waals surface area contributed by atoms with E-state index in [2.05, 4.69) is 0 Å². The third-order valence-corrected chi connectivity index (χ3v) is 2.86. The van der Waals surface area contributed by atoms with Gasteiger partial charge in [0.15, 0.2) is 34.6 Å². The van der Waals surface area contributed by atoms with Crippen LogP contribution < -0.4 is 0 Å². The van der Waals surface area contributed by atoms with E-state index in [0.29, 0.717) is 0 Å². The molecule has 6 nitrogen and oxygen atoms in total. The van der Waals surface area contributed by atoms with Gasteiger partial charge in [0.25, 0.3) is 0 Å². The predicted molar refractivity (Wildman–Crippen MR) is 69.8 cm³/mol. The van der Waals surface area contributed by atoms with E-state index in [-0.39, 0.29) is 11.1 Å². The first-order valence-corrected chi connectivity index (χ1v) is 5.76. The lowest BCUT2D eigenvalue weighted by atomic mass is 9.87. The summed E-state index contributed by atoms with van der Waals surface area (Å²) in [5.41, 5.74) is -1.59. The maximum absolute atomic E-state index is 11.7. The number of Topliss-reactive ketones (excluding diaryl/α,β-unsaturated/α-hetero) is 4. The summed E-state index contributed by atoms with van der Waals surface area (Å²) in [6.45, 7) is 4.37. The van der Waals surface area contributed by atoms with Crippen LogP contribution in [0.5, 0.6) is 11.5 Å². The molecule has 0 radical (unpaired) electrons. The van der Waals surface area contributed by atoms with Crippen LogP contribution in [0.2, 0.25) is 0 Å². The van der Waals surface area contributed by atoms with Crippen molar-refractivity contribution in [3.8, 4) is 11.5 Å². The predicted octanol–water partition coefficient (Wildman–Crippen LogP) is 1.91. The normalized spacial score (nSPS) is 10.2. The Labute approximate surface area is 115 Å². The minimum atomic E-state index is -0.863. The van der Waals surface area contributed by atoms with Gasteiger partial charge >= 0.3 is 0 Å². The van der Waals surface area contributed by atoms with E-state index in [9.17, 15) is 29.4 Å². The Bertz CT molecular complexity index is 597. The molecule has 1 rings (SSSR count). The minimum absolute atomic E-state index is 0.342. The zero-order chi connectivity index (χ0) is 15.8. The number of carbonyl (C=O) groups excluding carboxylic acids is 4. The number of phenols is 2. The van der Waals surface area contributed by atoms with Crippen molar-refractivity contribution in [2.24, 2.45) is 0 Å². The van der Waals surface area contributed by atoms with Gasteiger partial charge in [-0.3, -0.25) is 19.2 Å². The Kier molecular flexibility index (Phi) is 4.08. The van der Waals surface area contributed by atoms with Gasteiger partial charge in [0.2, 0.25) is 0 Å². The van der Waals surface area contributed by atoms with Crippen LogP contribution in [0.25, 0.3) is 0 Å². The maximum atomic E-state index is 11.7. The van der Waals surface area contributed by atoms with Crippen LogP contribution in [0.3, 0.4) is 0 Å². The highest BCUT2D eigenvalue weighted by Crippen LogP contribution is 2.39. The zero-order valence-electron chi connectivity index (χ0n) is 11.5. The van der Waals surface area contributed by atoms with Crippen molar-refractivity contribution >= 4 is 23.1 Å². The van der Waals surface area contributed by atoms with Crippen LogP contribution in [0.1, 0.15) is 69.1 Å². The van der Waals surface area contributed by atoms with Gasteiger partial charge in [0.05, 0.1) is 11.1 Å². The fraction of sp³-hybridized carbons (Fsp3) is 0.286. The summed E-state index contributed by atoms with van der Waals surface area (Å²) in [5.74, 6) is -4.42. The summed E-state index contributed by atoms with van der Waals surface area (Å²) in [6, 6.07) is 0. The summed E-state index contributed by atoms with van der Waals surface area (Å²) < 4.78 is 0. The van der Waals surface area contributed by atoms with E-state index in [1.807, 2.05) is 0 Å². The number of benzene rings is 1.